The minimum atomic E-state index is -1.07. The third-order valence-corrected chi connectivity index (χ3v) is 13.5. The Labute approximate surface area is 526 Å². The van der Waals surface area contributed by atoms with Crippen LogP contribution in [0, 0.1) is 0 Å². The molecule has 0 unspecified atom stereocenters. The third kappa shape index (κ3) is 19.8. The fourth-order valence-corrected chi connectivity index (χ4v) is 8.74. The SMILES string of the molecule is O=C(O)CCCOc1ccc(C(=O)c2ccccc2)cc1.O=C(O)CCc1ccc(C(=O)c2ccccc2)cc1.O=C(O)c1ccc2oc3ccccc3c(=O)c2c1.O=C(O)c1cccc(C(=O)c2ccccc2)c1.O=C(O)c1cccc(C(=O)c2ccccc2)c1. The predicted molar refractivity (Wildman–Crippen MR) is 344 cm³/mol. The van der Waals surface area contributed by atoms with Gasteiger partial charge in [0, 0.05) is 57.3 Å². The summed E-state index contributed by atoms with van der Waals surface area (Å²) in [6.07, 6.45) is 1.13. The van der Waals surface area contributed by atoms with Crippen LogP contribution in [0.15, 0.2) is 270 Å². The number of carboxylic acids is 5. The van der Waals surface area contributed by atoms with Crippen LogP contribution >= 0.6 is 0 Å². The standard InChI is InChI=1S/C17H16O4.C16H14O3.C14H8O4.2C14H10O3/c18-16(19)7-4-12-21-15-10-8-14(9-11-15)17(20)13-5-2-1-3-6-13;17-15(18)11-8-12-6-9-14(10-7-12)16(19)13-4-2-1-3-5-13;15-13-9-3-1-2-4-11(9)18-12-6-5-8(14(16)17)7-10(12)13;2*15-13(10-5-2-1-3-6-10)11-7-4-8-12(9-11)14(16)17/h1-3,5-6,8-11H,4,7,12H2,(H,18,19);1-7,9-10H,8,11H2,(H,17,18);1-7H,(H,16,17);2*1-9H,(H,16,17). The zero-order valence-corrected chi connectivity index (χ0v) is 49.0. The Morgan fingerprint density at radius 3 is 1.08 bits per heavy atom. The molecule has 0 amide bonds. The van der Waals surface area contributed by atoms with Gasteiger partial charge in [-0.05, 0) is 97.3 Å². The van der Waals surface area contributed by atoms with Gasteiger partial charge in [0.1, 0.15) is 16.9 Å². The molecule has 0 bridgehead atoms. The molecular weight excluding hydrogens is 1170 g/mol. The van der Waals surface area contributed by atoms with E-state index in [9.17, 15) is 47.9 Å². The number of aromatic carboxylic acids is 3. The molecule has 0 aliphatic rings. The number of para-hydroxylation sites is 1. The monoisotopic (exact) mass is 1230 g/mol. The Balaban J connectivity index is 0.000000163. The first-order valence-electron chi connectivity index (χ1n) is 28.4. The number of rotatable bonds is 19. The van der Waals surface area contributed by atoms with Crippen molar-refractivity contribution in [1.82, 2.24) is 0 Å². The Bertz CT molecular complexity index is 4340. The first-order valence-corrected chi connectivity index (χ1v) is 28.4. The lowest BCUT2D eigenvalue weighted by Gasteiger charge is -2.06. The normalized spacial score (nSPS) is 10.2. The van der Waals surface area contributed by atoms with Crippen LogP contribution in [0.25, 0.3) is 21.9 Å². The average molecular weight is 1230 g/mol. The maximum atomic E-state index is 12.2. The largest absolute Gasteiger partial charge is 0.494 e. The number of ketones is 4. The van der Waals surface area contributed by atoms with Gasteiger partial charge in [-0.3, -0.25) is 33.6 Å². The molecule has 92 heavy (non-hydrogen) atoms. The number of aliphatic carboxylic acids is 2. The number of ether oxygens (including phenoxy) is 1. The molecule has 0 aliphatic carbocycles. The van der Waals surface area contributed by atoms with Gasteiger partial charge in [-0.15, -0.1) is 0 Å². The van der Waals surface area contributed by atoms with Gasteiger partial charge in [-0.25, -0.2) is 14.4 Å². The number of fused-ring (bicyclic) bond motifs is 2. The maximum Gasteiger partial charge on any atom is 0.335 e. The van der Waals surface area contributed by atoms with Gasteiger partial charge in [0.05, 0.1) is 34.1 Å². The highest BCUT2D eigenvalue weighted by atomic mass is 16.5. The number of carbonyl (C=O) groups excluding carboxylic acids is 4. The second kappa shape index (κ2) is 33.6. The van der Waals surface area contributed by atoms with Crippen molar-refractivity contribution >= 4 is 74.9 Å². The van der Waals surface area contributed by atoms with Crippen LogP contribution < -0.4 is 10.2 Å². The molecule has 10 aromatic carbocycles. The molecule has 1 aromatic heterocycles. The topological polar surface area (TPSA) is 294 Å². The summed E-state index contributed by atoms with van der Waals surface area (Å²) in [5.41, 5.74) is 6.29. The smallest absolute Gasteiger partial charge is 0.335 e. The molecule has 0 aliphatic heterocycles. The Morgan fingerprint density at radius 2 is 0.652 bits per heavy atom. The molecule has 0 spiro atoms. The molecule has 17 nitrogen and oxygen atoms in total. The molecule has 11 aromatic rings. The van der Waals surface area contributed by atoms with E-state index in [-0.39, 0.29) is 63.5 Å². The van der Waals surface area contributed by atoms with Crippen molar-refractivity contribution in [2.45, 2.75) is 25.7 Å². The lowest BCUT2D eigenvalue weighted by atomic mass is 10.0. The van der Waals surface area contributed by atoms with Crippen LogP contribution in [0.2, 0.25) is 0 Å². The fourth-order valence-electron chi connectivity index (χ4n) is 8.74. The van der Waals surface area contributed by atoms with Crippen molar-refractivity contribution in [2.75, 3.05) is 6.61 Å². The van der Waals surface area contributed by atoms with Crippen molar-refractivity contribution in [3.05, 3.63) is 338 Å². The number of benzene rings is 10. The first-order chi connectivity index (χ1) is 44.4. The van der Waals surface area contributed by atoms with Gasteiger partial charge in [-0.1, -0.05) is 182 Å². The van der Waals surface area contributed by atoms with E-state index in [0.717, 1.165) is 5.56 Å². The highest BCUT2D eigenvalue weighted by molar-refractivity contribution is 6.11. The van der Waals surface area contributed by atoms with E-state index in [4.69, 9.17) is 34.7 Å². The summed E-state index contributed by atoms with van der Waals surface area (Å²) >= 11 is 0. The molecular formula is C75H58O17. The Kier molecular flexibility index (Phi) is 24.5. The van der Waals surface area contributed by atoms with Gasteiger partial charge >= 0.3 is 29.8 Å². The Morgan fingerprint density at radius 1 is 0.315 bits per heavy atom. The van der Waals surface area contributed by atoms with E-state index in [1.807, 2.05) is 48.5 Å². The summed E-state index contributed by atoms with van der Waals surface area (Å²) in [7, 11) is 0. The minimum Gasteiger partial charge on any atom is -0.494 e. The van der Waals surface area contributed by atoms with E-state index >= 15 is 0 Å². The van der Waals surface area contributed by atoms with Crippen LogP contribution in [-0.2, 0) is 16.0 Å². The molecule has 460 valence electrons. The second-order valence-corrected chi connectivity index (χ2v) is 20.0. The highest BCUT2D eigenvalue weighted by Crippen LogP contribution is 2.21. The van der Waals surface area contributed by atoms with E-state index in [1.54, 1.807) is 170 Å². The minimum absolute atomic E-state index is 0.0228. The summed E-state index contributed by atoms with van der Waals surface area (Å²) in [6, 6.07) is 72.9. The van der Waals surface area contributed by atoms with Crippen LogP contribution in [0.1, 0.15) is 120 Å². The highest BCUT2D eigenvalue weighted by Gasteiger charge is 2.15. The van der Waals surface area contributed by atoms with Gasteiger partial charge in [-0.2, -0.15) is 0 Å². The lowest BCUT2D eigenvalue weighted by Crippen LogP contribution is -2.04. The maximum absolute atomic E-state index is 12.2. The van der Waals surface area contributed by atoms with E-state index in [1.165, 1.54) is 42.5 Å². The van der Waals surface area contributed by atoms with E-state index in [2.05, 4.69) is 0 Å². The summed E-state index contributed by atoms with van der Waals surface area (Å²) < 4.78 is 11.0. The number of aryl methyl sites for hydroxylation is 1. The van der Waals surface area contributed by atoms with Crippen molar-refractivity contribution in [3.8, 4) is 5.75 Å². The fraction of sp³-hybridized carbons (Fsp3) is 0.0667. The third-order valence-electron chi connectivity index (χ3n) is 13.5. The number of hydrogen-bond donors (Lipinski definition) is 5. The molecule has 17 heteroatoms. The zero-order valence-electron chi connectivity index (χ0n) is 49.0. The number of hydrogen-bond acceptors (Lipinski definition) is 12. The lowest BCUT2D eigenvalue weighted by molar-refractivity contribution is -0.138. The van der Waals surface area contributed by atoms with Crippen molar-refractivity contribution in [2.24, 2.45) is 0 Å². The Hall–Kier alpha value is -12.5. The molecule has 11 rings (SSSR count). The molecule has 1 heterocycles. The molecule has 0 atom stereocenters. The van der Waals surface area contributed by atoms with Gasteiger partial charge in [0.2, 0.25) is 5.43 Å². The van der Waals surface area contributed by atoms with Crippen molar-refractivity contribution in [1.29, 1.82) is 0 Å². The number of carbonyl (C=O) groups is 9. The summed E-state index contributed by atoms with van der Waals surface area (Å²) in [5.74, 6) is -4.55. The summed E-state index contributed by atoms with van der Waals surface area (Å²) in [6.45, 7) is 0.346. The molecule has 5 N–H and O–H groups in total. The molecule has 0 fully saturated rings. The predicted octanol–water partition coefficient (Wildman–Crippen LogP) is 14.0. The molecule has 0 saturated carbocycles. The average Bonchev–Trinajstić information content (AvgIpc) is 0.992. The molecule has 0 saturated heterocycles. The van der Waals surface area contributed by atoms with Gasteiger partial charge in [0.15, 0.2) is 23.1 Å². The van der Waals surface area contributed by atoms with Crippen LogP contribution in [0.5, 0.6) is 5.75 Å². The van der Waals surface area contributed by atoms with E-state index in [0.29, 0.717) is 86.3 Å². The molecule has 0 radical (unpaired) electrons. The zero-order chi connectivity index (χ0) is 65.9. The van der Waals surface area contributed by atoms with Crippen LogP contribution in [-0.4, -0.2) is 85.1 Å². The summed E-state index contributed by atoms with van der Waals surface area (Å²) in [5, 5.41) is 44.5. The van der Waals surface area contributed by atoms with Crippen molar-refractivity contribution < 1.29 is 77.8 Å². The second-order valence-electron chi connectivity index (χ2n) is 20.0. The number of carboxylic acid groups (broad SMARTS) is 5. The summed E-state index contributed by atoms with van der Waals surface area (Å²) in [4.78, 5) is 114. The first kappa shape index (κ1) is 67.0. The van der Waals surface area contributed by atoms with Crippen LogP contribution in [0.3, 0.4) is 0 Å². The quantitative estimate of drug-likeness (QED) is 0.0285. The van der Waals surface area contributed by atoms with Crippen LogP contribution in [0.4, 0.5) is 0 Å². The van der Waals surface area contributed by atoms with Crippen molar-refractivity contribution in [3.63, 3.8) is 0 Å². The van der Waals surface area contributed by atoms with Gasteiger partial charge < -0.3 is 34.7 Å². The van der Waals surface area contributed by atoms with Gasteiger partial charge in [0.25, 0.3) is 0 Å². The van der Waals surface area contributed by atoms with E-state index < -0.39 is 29.8 Å².